The normalized spacial score (nSPS) is 15.1. The van der Waals surface area contributed by atoms with Gasteiger partial charge >= 0.3 is 0 Å². The van der Waals surface area contributed by atoms with E-state index in [-0.39, 0.29) is 11.9 Å². The number of hydrogen-bond acceptors (Lipinski definition) is 2. The molecule has 0 amide bonds. The SMILES string of the molecule is NNC(Cc1ccc2c(c1)CCC2)c1ccccc1F. The smallest absolute Gasteiger partial charge is 0.128 e. The van der Waals surface area contributed by atoms with Gasteiger partial charge in [-0.05, 0) is 48.4 Å². The highest BCUT2D eigenvalue weighted by Crippen LogP contribution is 2.26. The Balaban J connectivity index is 1.83. The fourth-order valence-corrected chi connectivity index (χ4v) is 3.00. The monoisotopic (exact) mass is 270 g/mol. The lowest BCUT2D eigenvalue weighted by Crippen LogP contribution is -2.30. The predicted octanol–water partition coefficient (Wildman–Crippen LogP) is 3.06. The van der Waals surface area contributed by atoms with Crippen molar-refractivity contribution in [1.29, 1.82) is 0 Å². The number of fused-ring (bicyclic) bond motifs is 1. The zero-order valence-electron chi connectivity index (χ0n) is 11.4. The van der Waals surface area contributed by atoms with E-state index in [1.165, 1.54) is 35.6 Å². The molecular weight excluding hydrogens is 251 g/mol. The van der Waals surface area contributed by atoms with Gasteiger partial charge in [-0.15, -0.1) is 0 Å². The van der Waals surface area contributed by atoms with Crippen LogP contribution < -0.4 is 11.3 Å². The largest absolute Gasteiger partial charge is 0.271 e. The third-order valence-corrected chi connectivity index (χ3v) is 4.08. The summed E-state index contributed by atoms with van der Waals surface area (Å²) < 4.78 is 13.9. The van der Waals surface area contributed by atoms with Crippen molar-refractivity contribution < 1.29 is 4.39 Å². The molecule has 1 unspecified atom stereocenters. The van der Waals surface area contributed by atoms with Crippen LogP contribution in [0.15, 0.2) is 42.5 Å². The average Bonchev–Trinajstić information content (AvgIpc) is 2.93. The zero-order valence-corrected chi connectivity index (χ0v) is 11.4. The number of aryl methyl sites for hydroxylation is 2. The van der Waals surface area contributed by atoms with Crippen LogP contribution in [-0.2, 0) is 19.3 Å². The van der Waals surface area contributed by atoms with Crippen LogP contribution in [0, 0.1) is 5.82 Å². The van der Waals surface area contributed by atoms with Crippen molar-refractivity contribution in [3.8, 4) is 0 Å². The molecule has 0 aliphatic heterocycles. The summed E-state index contributed by atoms with van der Waals surface area (Å²) in [5.41, 5.74) is 7.45. The highest BCUT2D eigenvalue weighted by atomic mass is 19.1. The van der Waals surface area contributed by atoms with Gasteiger partial charge in [0.05, 0.1) is 6.04 Å². The Morgan fingerprint density at radius 2 is 1.90 bits per heavy atom. The molecule has 104 valence electrons. The first-order valence-electron chi connectivity index (χ1n) is 7.09. The van der Waals surface area contributed by atoms with Crippen LogP contribution in [0.25, 0.3) is 0 Å². The van der Waals surface area contributed by atoms with Crippen LogP contribution in [-0.4, -0.2) is 0 Å². The number of hydrazine groups is 1. The molecule has 1 aliphatic rings. The first kappa shape index (κ1) is 13.3. The highest BCUT2D eigenvalue weighted by molar-refractivity contribution is 5.36. The molecule has 3 rings (SSSR count). The van der Waals surface area contributed by atoms with Gasteiger partial charge in [0.15, 0.2) is 0 Å². The maximum atomic E-state index is 13.9. The summed E-state index contributed by atoms with van der Waals surface area (Å²) in [7, 11) is 0. The molecule has 2 nitrogen and oxygen atoms in total. The second-order valence-corrected chi connectivity index (χ2v) is 5.40. The van der Waals surface area contributed by atoms with Gasteiger partial charge in [-0.1, -0.05) is 36.4 Å². The van der Waals surface area contributed by atoms with E-state index in [1.54, 1.807) is 12.1 Å². The second kappa shape index (κ2) is 5.73. The minimum absolute atomic E-state index is 0.198. The predicted molar refractivity (Wildman–Crippen MR) is 78.6 cm³/mol. The van der Waals surface area contributed by atoms with Crippen LogP contribution in [0.3, 0.4) is 0 Å². The lowest BCUT2D eigenvalue weighted by Gasteiger charge is -2.17. The zero-order chi connectivity index (χ0) is 13.9. The average molecular weight is 270 g/mol. The summed E-state index contributed by atoms with van der Waals surface area (Å²) in [6, 6.07) is 13.2. The Bertz CT molecular complexity index is 610. The number of nitrogens with two attached hydrogens (primary N) is 1. The summed E-state index contributed by atoms with van der Waals surface area (Å²) in [5, 5.41) is 0. The molecule has 20 heavy (non-hydrogen) atoms. The molecule has 2 aromatic rings. The molecule has 0 saturated carbocycles. The molecule has 1 aliphatic carbocycles. The maximum Gasteiger partial charge on any atom is 0.128 e. The molecule has 0 heterocycles. The minimum Gasteiger partial charge on any atom is -0.271 e. The Hall–Kier alpha value is -1.71. The lowest BCUT2D eigenvalue weighted by molar-refractivity contribution is 0.510. The molecule has 0 aromatic heterocycles. The summed E-state index contributed by atoms with van der Waals surface area (Å²) in [4.78, 5) is 0. The summed E-state index contributed by atoms with van der Waals surface area (Å²) >= 11 is 0. The maximum absolute atomic E-state index is 13.9. The quantitative estimate of drug-likeness (QED) is 0.662. The van der Waals surface area contributed by atoms with Gasteiger partial charge < -0.3 is 0 Å². The highest BCUT2D eigenvalue weighted by Gasteiger charge is 2.16. The Labute approximate surface area is 118 Å². The number of benzene rings is 2. The van der Waals surface area contributed by atoms with Crippen molar-refractivity contribution >= 4 is 0 Å². The van der Waals surface area contributed by atoms with E-state index in [0.717, 1.165) is 6.42 Å². The van der Waals surface area contributed by atoms with Crippen LogP contribution in [0.4, 0.5) is 4.39 Å². The summed E-state index contributed by atoms with van der Waals surface area (Å²) in [5.74, 6) is 5.41. The van der Waals surface area contributed by atoms with Gasteiger partial charge in [0, 0.05) is 5.56 Å². The molecule has 1 atom stereocenters. The fraction of sp³-hybridized carbons (Fsp3) is 0.294. The molecule has 3 heteroatoms. The number of halogens is 1. The minimum atomic E-state index is -0.211. The first-order chi connectivity index (χ1) is 9.78. The van der Waals surface area contributed by atoms with Gasteiger partial charge in [0.25, 0.3) is 0 Å². The third-order valence-electron chi connectivity index (χ3n) is 4.08. The molecule has 0 bridgehead atoms. The number of nitrogens with one attached hydrogen (secondary N) is 1. The van der Waals surface area contributed by atoms with E-state index in [4.69, 9.17) is 5.84 Å². The third kappa shape index (κ3) is 2.60. The molecule has 0 spiro atoms. The van der Waals surface area contributed by atoms with Gasteiger partial charge in [-0.2, -0.15) is 0 Å². The van der Waals surface area contributed by atoms with Crippen molar-refractivity contribution in [1.82, 2.24) is 5.43 Å². The molecule has 3 N–H and O–H groups in total. The van der Waals surface area contributed by atoms with Crippen LogP contribution in [0.5, 0.6) is 0 Å². The van der Waals surface area contributed by atoms with Crippen molar-refractivity contribution in [3.63, 3.8) is 0 Å². The second-order valence-electron chi connectivity index (χ2n) is 5.40. The Morgan fingerprint density at radius 1 is 1.10 bits per heavy atom. The lowest BCUT2D eigenvalue weighted by atomic mass is 9.96. The van der Waals surface area contributed by atoms with Crippen molar-refractivity contribution in [3.05, 3.63) is 70.5 Å². The van der Waals surface area contributed by atoms with E-state index in [0.29, 0.717) is 12.0 Å². The van der Waals surface area contributed by atoms with E-state index >= 15 is 0 Å². The van der Waals surface area contributed by atoms with E-state index in [2.05, 4.69) is 23.6 Å². The van der Waals surface area contributed by atoms with E-state index in [9.17, 15) is 4.39 Å². The van der Waals surface area contributed by atoms with Gasteiger partial charge in [-0.3, -0.25) is 11.3 Å². The van der Waals surface area contributed by atoms with Crippen LogP contribution >= 0.6 is 0 Å². The van der Waals surface area contributed by atoms with Crippen LogP contribution in [0.1, 0.15) is 34.7 Å². The van der Waals surface area contributed by atoms with Crippen LogP contribution in [0.2, 0.25) is 0 Å². The van der Waals surface area contributed by atoms with Gasteiger partial charge in [0.1, 0.15) is 5.82 Å². The van der Waals surface area contributed by atoms with E-state index < -0.39 is 0 Å². The number of rotatable bonds is 4. The molecule has 0 saturated heterocycles. The molecular formula is C17H19FN2. The summed E-state index contributed by atoms with van der Waals surface area (Å²) in [6.07, 6.45) is 4.28. The molecule has 0 fully saturated rings. The topological polar surface area (TPSA) is 38.0 Å². The van der Waals surface area contributed by atoms with E-state index in [1.807, 2.05) is 6.07 Å². The standard InChI is InChI=1S/C17H19FN2/c18-16-7-2-1-6-15(16)17(20-19)11-12-8-9-13-4-3-5-14(13)10-12/h1-2,6-10,17,20H,3-5,11,19H2. The van der Waals surface area contributed by atoms with Gasteiger partial charge in [-0.25, -0.2) is 4.39 Å². The first-order valence-corrected chi connectivity index (χ1v) is 7.09. The Kier molecular flexibility index (Phi) is 3.81. The molecule has 0 radical (unpaired) electrons. The number of hydrogen-bond donors (Lipinski definition) is 2. The van der Waals surface area contributed by atoms with Crippen molar-refractivity contribution in [2.24, 2.45) is 5.84 Å². The van der Waals surface area contributed by atoms with Crippen molar-refractivity contribution in [2.45, 2.75) is 31.7 Å². The fourth-order valence-electron chi connectivity index (χ4n) is 3.00. The van der Waals surface area contributed by atoms with Crippen molar-refractivity contribution in [2.75, 3.05) is 0 Å². The Morgan fingerprint density at radius 3 is 2.70 bits per heavy atom. The van der Waals surface area contributed by atoms with Gasteiger partial charge in [0.2, 0.25) is 0 Å². The molecule has 2 aromatic carbocycles. The summed E-state index contributed by atoms with van der Waals surface area (Å²) in [6.45, 7) is 0.